The molecule has 0 radical (unpaired) electrons. The summed E-state index contributed by atoms with van der Waals surface area (Å²) >= 11 is 0. The number of ether oxygens (including phenoxy) is 1. The number of anilines is 1. The average molecular weight is 470 g/mol. The van der Waals surface area contributed by atoms with Gasteiger partial charge in [-0.15, -0.1) is 0 Å². The minimum absolute atomic E-state index is 0.0773. The lowest BCUT2D eigenvalue weighted by atomic mass is 10.2. The van der Waals surface area contributed by atoms with Gasteiger partial charge < -0.3 is 14.6 Å². The van der Waals surface area contributed by atoms with E-state index in [1.54, 1.807) is 6.07 Å². The summed E-state index contributed by atoms with van der Waals surface area (Å²) in [6, 6.07) is 14.0. The number of sulfonamides is 1. The number of amides is 1. The third-order valence-corrected chi connectivity index (χ3v) is 7.77. The zero-order valence-electron chi connectivity index (χ0n) is 18.0. The zero-order chi connectivity index (χ0) is 23.0. The maximum atomic E-state index is 13.2. The van der Waals surface area contributed by atoms with E-state index in [0.717, 1.165) is 5.56 Å². The number of carbonyl (C=O) groups is 1. The normalized spacial score (nSPS) is 18.3. The maximum Gasteiger partial charge on any atom is 0.262 e. The van der Waals surface area contributed by atoms with Crippen LogP contribution in [0.3, 0.4) is 0 Å². The van der Waals surface area contributed by atoms with Gasteiger partial charge in [-0.2, -0.15) is 9.29 Å². The fraction of sp³-hybridized carbons (Fsp3) is 0.318. The molecule has 11 heteroatoms. The monoisotopic (exact) mass is 469 g/mol. The maximum absolute atomic E-state index is 13.2. The first-order chi connectivity index (χ1) is 15.9. The molecular formula is C22H23N5O5S. The summed E-state index contributed by atoms with van der Waals surface area (Å²) in [7, 11) is -3.71. The Morgan fingerprint density at radius 1 is 1.06 bits per heavy atom. The molecule has 0 aliphatic carbocycles. The summed E-state index contributed by atoms with van der Waals surface area (Å²) in [5, 5.41) is 6.73. The molecule has 1 N–H and O–H groups in total. The van der Waals surface area contributed by atoms with Crippen LogP contribution in [0.5, 0.6) is 5.75 Å². The van der Waals surface area contributed by atoms with Crippen molar-refractivity contribution in [2.75, 3.05) is 38.1 Å². The molecule has 0 saturated carbocycles. The zero-order valence-corrected chi connectivity index (χ0v) is 18.8. The van der Waals surface area contributed by atoms with Crippen LogP contribution < -0.4 is 10.1 Å². The van der Waals surface area contributed by atoms with E-state index in [2.05, 4.69) is 20.4 Å². The van der Waals surface area contributed by atoms with E-state index in [0.29, 0.717) is 49.3 Å². The minimum atomic E-state index is -3.71. The largest absolute Gasteiger partial charge is 0.482 e. The Bertz CT molecular complexity index is 1270. The fourth-order valence-electron chi connectivity index (χ4n) is 3.97. The van der Waals surface area contributed by atoms with Crippen LogP contribution in [0.2, 0.25) is 0 Å². The summed E-state index contributed by atoms with van der Waals surface area (Å²) in [6.45, 7) is 3.59. The number of fused-ring (bicyclic) bond motifs is 1. The van der Waals surface area contributed by atoms with Crippen molar-refractivity contribution in [1.29, 1.82) is 0 Å². The number of benzene rings is 2. The molecule has 2 aliphatic heterocycles. The highest BCUT2D eigenvalue weighted by Crippen LogP contribution is 2.32. The Morgan fingerprint density at radius 3 is 2.58 bits per heavy atom. The molecule has 2 aromatic carbocycles. The molecule has 10 nitrogen and oxygen atoms in total. The Morgan fingerprint density at radius 2 is 1.82 bits per heavy atom. The molecule has 1 aromatic heterocycles. The van der Waals surface area contributed by atoms with Crippen LogP contribution in [0.15, 0.2) is 57.9 Å². The number of nitrogens with one attached hydrogen (secondary N) is 1. The van der Waals surface area contributed by atoms with Crippen molar-refractivity contribution in [1.82, 2.24) is 19.3 Å². The Balaban J connectivity index is 1.26. The van der Waals surface area contributed by atoms with Gasteiger partial charge in [0.15, 0.2) is 6.61 Å². The summed E-state index contributed by atoms with van der Waals surface area (Å²) in [5.41, 5.74) is 1.24. The summed E-state index contributed by atoms with van der Waals surface area (Å²) in [5.74, 6) is 1.18. The lowest BCUT2D eigenvalue weighted by Crippen LogP contribution is -2.49. The van der Waals surface area contributed by atoms with E-state index in [-0.39, 0.29) is 23.5 Å². The van der Waals surface area contributed by atoms with E-state index in [1.807, 2.05) is 37.3 Å². The molecule has 33 heavy (non-hydrogen) atoms. The molecule has 0 spiro atoms. The summed E-state index contributed by atoms with van der Waals surface area (Å²) in [4.78, 5) is 18.3. The minimum Gasteiger partial charge on any atom is -0.482 e. The molecule has 172 valence electrons. The molecule has 1 saturated heterocycles. The van der Waals surface area contributed by atoms with Crippen LogP contribution in [0.25, 0.3) is 11.4 Å². The molecular weight excluding hydrogens is 446 g/mol. The van der Waals surface area contributed by atoms with Crippen molar-refractivity contribution in [3.8, 4) is 17.1 Å². The second-order valence-electron chi connectivity index (χ2n) is 7.93. The van der Waals surface area contributed by atoms with Crippen molar-refractivity contribution < 1.29 is 22.5 Å². The number of carbonyl (C=O) groups excluding carboxylic acids is 1. The van der Waals surface area contributed by atoms with Crippen LogP contribution in [0, 0.1) is 0 Å². The van der Waals surface area contributed by atoms with Gasteiger partial charge in [-0.25, -0.2) is 8.42 Å². The smallest absolute Gasteiger partial charge is 0.262 e. The second kappa shape index (κ2) is 8.58. The van der Waals surface area contributed by atoms with Crippen LogP contribution in [-0.2, 0) is 14.8 Å². The van der Waals surface area contributed by atoms with Gasteiger partial charge in [0.05, 0.1) is 16.6 Å². The molecule has 1 atom stereocenters. The molecule has 3 heterocycles. The molecule has 3 aromatic rings. The highest BCUT2D eigenvalue weighted by Gasteiger charge is 2.32. The molecule has 5 rings (SSSR count). The average Bonchev–Trinajstić information content (AvgIpc) is 3.34. The highest BCUT2D eigenvalue weighted by atomic mass is 32.2. The number of rotatable bonds is 5. The standard InChI is InChI=1S/C22H23N5O5S/c1-15(22-24-21(25-32-22)16-5-3-2-4-6-16)26-9-11-27(12-10-26)33(29,30)17-7-8-19-18(13-17)23-20(28)14-31-19/h2-8,13,15H,9-12,14H2,1H3,(H,23,28)/t15-/m0/s1. The number of nitrogens with zero attached hydrogens (tertiary/aromatic N) is 4. The lowest BCUT2D eigenvalue weighted by molar-refractivity contribution is -0.118. The quantitative estimate of drug-likeness (QED) is 0.604. The molecule has 0 unspecified atom stereocenters. The van der Waals surface area contributed by atoms with Crippen LogP contribution in [-0.4, -0.2) is 66.5 Å². The van der Waals surface area contributed by atoms with Crippen LogP contribution >= 0.6 is 0 Å². The van der Waals surface area contributed by atoms with E-state index in [4.69, 9.17) is 9.26 Å². The van der Waals surface area contributed by atoms with Gasteiger partial charge in [-0.05, 0) is 25.1 Å². The van der Waals surface area contributed by atoms with E-state index in [1.165, 1.54) is 16.4 Å². The number of aromatic nitrogens is 2. The molecule has 2 aliphatic rings. The van der Waals surface area contributed by atoms with Crippen molar-refractivity contribution in [3.05, 3.63) is 54.4 Å². The third kappa shape index (κ3) is 4.22. The van der Waals surface area contributed by atoms with Gasteiger partial charge in [0.25, 0.3) is 5.91 Å². The second-order valence-corrected chi connectivity index (χ2v) is 9.87. The van der Waals surface area contributed by atoms with Crippen molar-refractivity contribution in [2.45, 2.75) is 17.9 Å². The molecule has 1 fully saturated rings. The Hall–Kier alpha value is -3.28. The first-order valence-corrected chi connectivity index (χ1v) is 12.1. The van der Waals surface area contributed by atoms with Crippen molar-refractivity contribution in [2.24, 2.45) is 0 Å². The first-order valence-electron chi connectivity index (χ1n) is 10.6. The molecule has 1 amide bonds. The van der Waals surface area contributed by atoms with Crippen LogP contribution in [0.1, 0.15) is 18.9 Å². The van der Waals surface area contributed by atoms with Gasteiger partial charge in [-0.3, -0.25) is 9.69 Å². The summed E-state index contributed by atoms with van der Waals surface area (Å²) in [6.07, 6.45) is 0. The highest BCUT2D eigenvalue weighted by molar-refractivity contribution is 7.89. The van der Waals surface area contributed by atoms with Gasteiger partial charge in [-0.1, -0.05) is 35.5 Å². The van der Waals surface area contributed by atoms with Crippen LogP contribution in [0.4, 0.5) is 5.69 Å². The van der Waals surface area contributed by atoms with Crippen molar-refractivity contribution >= 4 is 21.6 Å². The Labute approximate surface area is 191 Å². The predicted octanol–water partition coefficient (Wildman–Crippen LogP) is 2.13. The number of piperazine rings is 1. The fourth-order valence-corrected chi connectivity index (χ4v) is 5.42. The predicted molar refractivity (Wildman–Crippen MR) is 119 cm³/mol. The topological polar surface area (TPSA) is 118 Å². The van der Waals surface area contributed by atoms with E-state index < -0.39 is 10.0 Å². The number of hydrogen-bond donors (Lipinski definition) is 1. The molecule has 0 bridgehead atoms. The first kappa shape index (κ1) is 21.6. The number of hydrogen-bond acceptors (Lipinski definition) is 8. The Kier molecular flexibility index (Phi) is 5.60. The van der Waals surface area contributed by atoms with Gasteiger partial charge in [0.2, 0.25) is 21.7 Å². The third-order valence-electron chi connectivity index (χ3n) is 5.87. The lowest BCUT2D eigenvalue weighted by Gasteiger charge is -2.36. The van der Waals surface area contributed by atoms with Gasteiger partial charge >= 0.3 is 0 Å². The summed E-state index contributed by atoms with van der Waals surface area (Å²) < 4.78 is 38.6. The SMILES string of the molecule is C[C@@H](c1nc(-c2ccccc2)no1)N1CCN(S(=O)(=O)c2ccc3c(c2)NC(=O)CO3)CC1. The van der Waals surface area contributed by atoms with E-state index >= 15 is 0 Å². The van der Waals surface area contributed by atoms with E-state index in [9.17, 15) is 13.2 Å². The van der Waals surface area contributed by atoms with Gasteiger partial charge in [0, 0.05) is 31.7 Å². The van der Waals surface area contributed by atoms with Gasteiger partial charge in [0.1, 0.15) is 5.75 Å². The van der Waals surface area contributed by atoms with Crippen molar-refractivity contribution in [3.63, 3.8) is 0 Å².